The molecular weight excluding hydrogens is 312 g/mol. The summed E-state index contributed by atoms with van der Waals surface area (Å²) in [4.78, 5) is 0.572. The molecule has 2 nitrogen and oxygen atoms in total. The van der Waals surface area contributed by atoms with E-state index in [-0.39, 0.29) is 11.3 Å². The van der Waals surface area contributed by atoms with Gasteiger partial charge >= 0.3 is 0 Å². The summed E-state index contributed by atoms with van der Waals surface area (Å²) in [6.45, 7) is 0. The van der Waals surface area contributed by atoms with E-state index in [1.165, 1.54) is 12.8 Å². The van der Waals surface area contributed by atoms with Crippen molar-refractivity contribution in [1.82, 2.24) is 0 Å². The highest BCUT2D eigenvalue weighted by Crippen LogP contribution is 2.54. The Morgan fingerprint density at radius 2 is 1.89 bits per heavy atom. The Kier molecular flexibility index (Phi) is 3.06. The molecule has 18 heavy (non-hydrogen) atoms. The Bertz CT molecular complexity index is 559. The third kappa shape index (κ3) is 1.76. The van der Waals surface area contributed by atoms with Crippen LogP contribution in [0.2, 0.25) is 0 Å². The molecule has 1 heterocycles. The first kappa shape index (κ1) is 12.7. The van der Waals surface area contributed by atoms with Gasteiger partial charge in [0.15, 0.2) is 9.84 Å². The van der Waals surface area contributed by atoms with E-state index in [0.29, 0.717) is 10.6 Å². The second-order valence-electron chi connectivity index (χ2n) is 5.57. The summed E-state index contributed by atoms with van der Waals surface area (Å²) in [5.41, 5.74) is 1.21. The molecule has 2 aliphatic rings. The summed E-state index contributed by atoms with van der Waals surface area (Å²) < 4.78 is 24.5. The van der Waals surface area contributed by atoms with Crippen LogP contribution in [-0.2, 0) is 9.84 Å². The quantitative estimate of drug-likeness (QED) is 0.778. The van der Waals surface area contributed by atoms with Gasteiger partial charge in [0.2, 0.25) is 0 Å². The fourth-order valence-electron chi connectivity index (χ4n) is 3.61. The van der Waals surface area contributed by atoms with E-state index < -0.39 is 9.84 Å². The van der Waals surface area contributed by atoms with Gasteiger partial charge in [-0.1, -0.05) is 47.0 Å². The summed E-state index contributed by atoms with van der Waals surface area (Å²) >= 11 is 3.64. The Balaban J connectivity index is 2.11. The van der Waals surface area contributed by atoms with Gasteiger partial charge in [-0.15, -0.1) is 0 Å². The number of hydrogen-bond donors (Lipinski definition) is 0. The highest BCUT2D eigenvalue weighted by molar-refractivity contribution is 9.09. The largest absolute Gasteiger partial charge is 0.224 e. The molecule has 1 aromatic carbocycles. The van der Waals surface area contributed by atoms with Crippen LogP contribution in [0.4, 0.5) is 0 Å². The Morgan fingerprint density at radius 3 is 2.56 bits per heavy atom. The Hall–Kier alpha value is -0.350. The third-order valence-electron chi connectivity index (χ3n) is 4.62. The Morgan fingerprint density at radius 1 is 1.22 bits per heavy atom. The van der Waals surface area contributed by atoms with Gasteiger partial charge in [0.1, 0.15) is 0 Å². The summed E-state index contributed by atoms with van der Waals surface area (Å²) in [5.74, 6) is 0.485. The number of alkyl halides is 1. The number of sulfone groups is 1. The van der Waals surface area contributed by atoms with Crippen molar-refractivity contribution in [1.29, 1.82) is 0 Å². The molecule has 98 valence electrons. The van der Waals surface area contributed by atoms with Crippen molar-refractivity contribution in [2.75, 3.05) is 11.1 Å². The lowest BCUT2D eigenvalue weighted by atomic mass is 9.73. The van der Waals surface area contributed by atoms with Crippen molar-refractivity contribution < 1.29 is 8.42 Å². The minimum Gasteiger partial charge on any atom is -0.224 e. The van der Waals surface area contributed by atoms with Crippen LogP contribution in [0, 0.1) is 5.41 Å². The summed E-state index contributed by atoms with van der Waals surface area (Å²) in [6.07, 6.45) is 4.74. The molecule has 3 rings (SSSR count). The first-order valence-corrected chi connectivity index (χ1v) is 9.24. The average Bonchev–Trinajstić information content (AvgIpc) is 2.94. The number of benzene rings is 1. The molecule has 1 atom stereocenters. The Labute approximate surface area is 117 Å². The van der Waals surface area contributed by atoms with Gasteiger partial charge in [-0.2, -0.15) is 0 Å². The van der Waals surface area contributed by atoms with Crippen LogP contribution in [0.25, 0.3) is 0 Å². The lowest BCUT2D eigenvalue weighted by molar-refractivity contribution is 0.290. The van der Waals surface area contributed by atoms with Gasteiger partial charge in [0.25, 0.3) is 0 Å². The van der Waals surface area contributed by atoms with E-state index in [1.54, 1.807) is 6.07 Å². The highest BCUT2D eigenvalue weighted by Gasteiger charge is 2.48. The number of hydrogen-bond acceptors (Lipinski definition) is 2. The molecule has 1 saturated carbocycles. The highest BCUT2D eigenvalue weighted by atomic mass is 79.9. The number of rotatable bonds is 2. The van der Waals surface area contributed by atoms with E-state index >= 15 is 0 Å². The maximum atomic E-state index is 12.3. The maximum absolute atomic E-state index is 12.3. The fraction of sp³-hybridized carbons (Fsp3) is 0.571. The first-order chi connectivity index (χ1) is 8.59. The van der Waals surface area contributed by atoms with Crippen LogP contribution in [0.3, 0.4) is 0 Å². The van der Waals surface area contributed by atoms with Gasteiger partial charge in [0, 0.05) is 11.2 Å². The van der Waals surface area contributed by atoms with Crippen LogP contribution in [-0.4, -0.2) is 19.5 Å². The van der Waals surface area contributed by atoms with Gasteiger partial charge in [0.05, 0.1) is 10.6 Å². The van der Waals surface area contributed by atoms with Gasteiger partial charge in [-0.3, -0.25) is 0 Å². The zero-order valence-electron chi connectivity index (χ0n) is 10.2. The molecule has 0 N–H and O–H groups in total. The van der Waals surface area contributed by atoms with Gasteiger partial charge in [-0.25, -0.2) is 8.42 Å². The predicted molar refractivity (Wildman–Crippen MR) is 75.9 cm³/mol. The molecule has 1 unspecified atom stereocenters. The normalized spacial score (nSPS) is 28.2. The molecule has 0 saturated heterocycles. The lowest BCUT2D eigenvalue weighted by Gasteiger charge is -2.33. The topological polar surface area (TPSA) is 34.1 Å². The van der Waals surface area contributed by atoms with Gasteiger partial charge in [-0.05, 0) is 29.9 Å². The molecule has 1 aromatic rings. The average molecular weight is 329 g/mol. The molecular formula is C14H17BrO2S. The number of fused-ring (bicyclic) bond motifs is 1. The maximum Gasteiger partial charge on any atom is 0.179 e. The molecule has 0 aromatic heterocycles. The van der Waals surface area contributed by atoms with Crippen molar-refractivity contribution in [3.05, 3.63) is 29.8 Å². The van der Waals surface area contributed by atoms with E-state index in [2.05, 4.69) is 15.9 Å². The molecule has 0 amide bonds. The zero-order valence-corrected chi connectivity index (χ0v) is 12.6. The summed E-state index contributed by atoms with van der Waals surface area (Å²) in [5, 5.41) is 0.911. The number of halogens is 1. The van der Waals surface area contributed by atoms with Crippen LogP contribution in [0.5, 0.6) is 0 Å². The molecule has 0 spiro atoms. The molecule has 4 heteroatoms. The van der Waals surface area contributed by atoms with E-state index in [9.17, 15) is 8.42 Å². The standard InChI is InChI=1S/C14H17BrO2S/c15-10-14(7-3-4-8-14)12-9-18(16,17)13-6-2-1-5-11(12)13/h1-2,5-6,12H,3-4,7-10H2. The van der Waals surface area contributed by atoms with E-state index in [1.807, 2.05) is 18.2 Å². The lowest BCUT2D eigenvalue weighted by Crippen LogP contribution is -2.29. The first-order valence-electron chi connectivity index (χ1n) is 6.47. The predicted octanol–water partition coefficient (Wildman–Crippen LogP) is 3.51. The second kappa shape index (κ2) is 4.34. The molecule has 0 bridgehead atoms. The zero-order chi connectivity index (χ0) is 12.8. The van der Waals surface area contributed by atoms with Crippen LogP contribution in [0.15, 0.2) is 29.2 Å². The van der Waals surface area contributed by atoms with Crippen LogP contribution >= 0.6 is 15.9 Å². The smallest absolute Gasteiger partial charge is 0.179 e. The van der Waals surface area contributed by atoms with Crippen molar-refractivity contribution in [2.24, 2.45) is 5.41 Å². The summed E-state index contributed by atoms with van der Waals surface area (Å²) in [7, 11) is -3.06. The SMILES string of the molecule is O=S1(=O)CC(C2(CBr)CCCC2)c2ccccc21. The fourth-order valence-corrected chi connectivity index (χ4v) is 6.57. The van der Waals surface area contributed by atoms with Crippen molar-refractivity contribution >= 4 is 25.8 Å². The van der Waals surface area contributed by atoms with Gasteiger partial charge < -0.3 is 0 Å². The van der Waals surface area contributed by atoms with E-state index in [0.717, 1.165) is 23.7 Å². The monoisotopic (exact) mass is 328 g/mol. The second-order valence-corrected chi connectivity index (χ2v) is 8.14. The van der Waals surface area contributed by atoms with Crippen LogP contribution < -0.4 is 0 Å². The third-order valence-corrected chi connectivity index (χ3v) is 7.55. The molecule has 1 fully saturated rings. The summed E-state index contributed by atoms with van der Waals surface area (Å²) in [6, 6.07) is 7.56. The van der Waals surface area contributed by atoms with Crippen molar-refractivity contribution in [3.8, 4) is 0 Å². The van der Waals surface area contributed by atoms with Crippen molar-refractivity contribution in [3.63, 3.8) is 0 Å². The molecule has 0 radical (unpaired) electrons. The molecule has 1 aliphatic heterocycles. The minimum atomic E-state index is -3.06. The van der Waals surface area contributed by atoms with Crippen molar-refractivity contribution in [2.45, 2.75) is 36.5 Å². The minimum absolute atomic E-state index is 0.152. The molecule has 1 aliphatic carbocycles. The van der Waals surface area contributed by atoms with Crippen LogP contribution in [0.1, 0.15) is 37.2 Å². The van der Waals surface area contributed by atoms with E-state index in [4.69, 9.17) is 0 Å².